The van der Waals surface area contributed by atoms with E-state index < -0.39 is 0 Å². The number of nitrogens with one attached hydrogen (secondary N) is 2. The van der Waals surface area contributed by atoms with Crippen molar-refractivity contribution in [2.45, 2.75) is 26.7 Å². The van der Waals surface area contributed by atoms with Gasteiger partial charge < -0.3 is 25.0 Å². The Morgan fingerprint density at radius 3 is 2.55 bits per heavy atom. The second-order valence-electron chi connectivity index (χ2n) is 7.21. The van der Waals surface area contributed by atoms with Crippen molar-refractivity contribution in [3.8, 4) is 11.5 Å². The van der Waals surface area contributed by atoms with Gasteiger partial charge in [0, 0.05) is 23.8 Å². The van der Waals surface area contributed by atoms with Crippen LogP contribution in [-0.4, -0.2) is 32.7 Å². The molecule has 29 heavy (non-hydrogen) atoms. The summed E-state index contributed by atoms with van der Waals surface area (Å²) in [4.78, 5) is 26.8. The first-order valence-corrected chi connectivity index (χ1v) is 9.68. The van der Waals surface area contributed by atoms with Gasteiger partial charge in [-0.15, -0.1) is 0 Å². The summed E-state index contributed by atoms with van der Waals surface area (Å²) in [7, 11) is 3.07. The van der Waals surface area contributed by atoms with E-state index >= 15 is 0 Å². The Kier molecular flexibility index (Phi) is 6.26. The zero-order valence-corrected chi connectivity index (χ0v) is 17.2. The van der Waals surface area contributed by atoms with E-state index in [0.29, 0.717) is 22.9 Å². The van der Waals surface area contributed by atoms with Crippen LogP contribution in [0.2, 0.25) is 0 Å². The van der Waals surface area contributed by atoms with Crippen LogP contribution in [-0.2, 0) is 11.2 Å². The van der Waals surface area contributed by atoms with Crippen LogP contribution in [0.5, 0.6) is 11.5 Å². The molecule has 3 amide bonds. The molecule has 0 radical (unpaired) electrons. The number of ether oxygens (including phenoxy) is 2. The molecule has 7 nitrogen and oxygen atoms in total. The molecule has 7 heteroatoms. The molecule has 1 aliphatic rings. The van der Waals surface area contributed by atoms with E-state index in [-0.39, 0.29) is 17.9 Å². The van der Waals surface area contributed by atoms with Crippen molar-refractivity contribution < 1.29 is 19.1 Å². The molecular formula is C22H27N3O4. The predicted molar refractivity (Wildman–Crippen MR) is 114 cm³/mol. The quantitative estimate of drug-likeness (QED) is 0.789. The molecule has 0 saturated heterocycles. The summed E-state index contributed by atoms with van der Waals surface area (Å²) in [5, 5.41) is 5.63. The highest BCUT2D eigenvalue weighted by Gasteiger charge is 2.24. The highest BCUT2D eigenvalue weighted by molar-refractivity contribution is 6.01. The fourth-order valence-corrected chi connectivity index (χ4v) is 3.49. The van der Waals surface area contributed by atoms with Gasteiger partial charge in [-0.2, -0.15) is 0 Å². The van der Waals surface area contributed by atoms with Gasteiger partial charge in [-0.25, -0.2) is 4.79 Å². The fraction of sp³-hybridized carbons (Fsp3) is 0.364. The number of urea groups is 1. The second-order valence-corrected chi connectivity index (χ2v) is 7.21. The number of fused-ring (bicyclic) bond motifs is 1. The maximum atomic E-state index is 12.5. The molecule has 154 valence electrons. The van der Waals surface area contributed by atoms with Gasteiger partial charge >= 0.3 is 6.03 Å². The molecule has 1 heterocycles. The van der Waals surface area contributed by atoms with Gasteiger partial charge in [-0.05, 0) is 48.7 Å². The average Bonchev–Trinajstić information content (AvgIpc) is 2.72. The number of benzene rings is 2. The maximum Gasteiger partial charge on any atom is 0.323 e. The predicted octanol–water partition coefficient (Wildman–Crippen LogP) is 4.28. The smallest absolute Gasteiger partial charge is 0.323 e. The number of hydrogen-bond donors (Lipinski definition) is 2. The van der Waals surface area contributed by atoms with Gasteiger partial charge in [0.05, 0.1) is 19.9 Å². The monoisotopic (exact) mass is 397 g/mol. The van der Waals surface area contributed by atoms with Gasteiger partial charge in [0.15, 0.2) is 11.5 Å². The molecule has 3 rings (SSSR count). The normalized spacial score (nSPS) is 12.9. The minimum atomic E-state index is -0.387. The lowest BCUT2D eigenvalue weighted by Gasteiger charge is -2.31. The summed E-state index contributed by atoms with van der Waals surface area (Å²) in [6.07, 6.45) is 1.78. The van der Waals surface area contributed by atoms with Crippen molar-refractivity contribution in [2.24, 2.45) is 5.92 Å². The number of carbonyl (C=O) groups excluding carboxylic acids is 2. The number of amides is 3. The van der Waals surface area contributed by atoms with Gasteiger partial charge in [-0.3, -0.25) is 4.79 Å². The maximum absolute atomic E-state index is 12.5. The van der Waals surface area contributed by atoms with E-state index in [1.54, 1.807) is 25.3 Å². The molecule has 0 fully saturated rings. The molecule has 0 aromatic heterocycles. The van der Waals surface area contributed by atoms with Crippen LogP contribution in [0.25, 0.3) is 0 Å². The minimum Gasteiger partial charge on any atom is -0.493 e. The summed E-state index contributed by atoms with van der Waals surface area (Å²) < 4.78 is 10.6. The molecule has 2 aromatic rings. The third-order valence-electron chi connectivity index (χ3n) is 4.87. The van der Waals surface area contributed by atoms with Crippen molar-refractivity contribution >= 4 is 29.0 Å². The van der Waals surface area contributed by atoms with Crippen LogP contribution >= 0.6 is 0 Å². The SMILES string of the molecule is COc1cccc(NC(=O)Nc2ccc3c(c2)CCCN3C(=O)C(C)C)c1OC. The Morgan fingerprint density at radius 1 is 1.07 bits per heavy atom. The van der Waals surface area contributed by atoms with Crippen molar-refractivity contribution in [3.05, 3.63) is 42.0 Å². The van der Waals surface area contributed by atoms with Crippen LogP contribution in [0, 0.1) is 5.92 Å². The lowest BCUT2D eigenvalue weighted by atomic mass is 9.99. The van der Waals surface area contributed by atoms with Crippen LogP contribution in [0.1, 0.15) is 25.8 Å². The lowest BCUT2D eigenvalue weighted by molar-refractivity contribution is -0.121. The summed E-state index contributed by atoms with van der Waals surface area (Å²) >= 11 is 0. The number of rotatable bonds is 5. The summed E-state index contributed by atoms with van der Waals surface area (Å²) in [5.74, 6) is 1.06. The van der Waals surface area contributed by atoms with Gasteiger partial charge in [0.2, 0.25) is 5.91 Å². The standard InChI is InChI=1S/C22H27N3O4/c1-14(2)21(26)25-12-6-7-15-13-16(10-11-18(15)25)23-22(27)24-17-8-5-9-19(28-3)20(17)29-4/h5,8-11,13-14H,6-7,12H2,1-4H3,(H2,23,24,27). The Hall–Kier alpha value is -3.22. The topological polar surface area (TPSA) is 79.9 Å². The summed E-state index contributed by atoms with van der Waals surface area (Å²) in [6.45, 7) is 4.54. The number of methoxy groups -OCH3 is 2. The lowest BCUT2D eigenvalue weighted by Crippen LogP contribution is -2.38. The number of para-hydroxylation sites is 1. The van der Waals surface area contributed by atoms with E-state index in [1.165, 1.54) is 7.11 Å². The van der Waals surface area contributed by atoms with Crippen molar-refractivity contribution in [1.82, 2.24) is 0 Å². The van der Waals surface area contributed by atoms with Crippen molar-refractivity contribution in [3.63, 3.8) is 0 Å². The third-order valence-corrected chi connectivity index (χ3v) is 4.87. The fourth-order valence-electron chi connectivity index (χ4n) is 3.49. The van der Waals surface area contributed by atoms with Crippen molar-refractivity contribution in [2.75, 3.05) is 36.3 Å². The number of carbonyl (C=O) groups is 2. The third kappa shape index (κ3) is 4.45. The van der Waals surface area contributed by atoms with Gasteiger partial charge in [-0.1, -0.05) is 19.9 Å². The van der Waals surface area contributed by atoms with Gasteiger partial charge in [0.25, 0.3) is 0 Å². The molecular weight excluding hydrogens is 370 g/mol. The van der Waals surface area contributed by atoms with Crippen LogP contribution in [0.15, 0.2) is 36.4 Å². The van der Waals surface area contributed by atoms with Crippen LogP contribution in [0.3, 0.4) is 0 Å². The molecule has 0 atom stereocenters. The van der Waals surface area contributed by atoms with E-state index in [2.05, 4.69) is 10.6 Å². The molecule has 0 bridgehead atoms. The highest BCUT2D eigenvalue weighted by Crippen LogP contribution is 2.35. The molecule has 0 unspecified atom stereocenters. The Balaban J connectivity index is 1.75. The Morgan fingerprint density at radius 2 is 1.86 bits per heavy atom. The molecule has 0 saturated carbocycles. The van der Waals surface area contributed by atoms with Crippen molar-refractivity contribution in [1.29, 1.82) is 0 Å². The Bertz CT molecular complexity index is 911. The largest absolute Gasteiger partial charge is 0.493 e. The number of aryl methyl sites for hydroxylation is 1. The molecule has 1 aliphatic heterocycles. The number of anilines is 3. The first kappa shape index (κ1) is 20.5. The van der Waals surface area contributed by atoms with E-state index in [9.17, 15) is 9.59 Å². The first-order valence-electron chi connectivity index (χ1n) is 9.68. The molecule has 0 aliphatic carbocycles. The zero-order chi connectivity index (χ0) is 21.0. The molecule has 0 spiro atoms. The highest BCUT2D eigenvalue weighted by atomic mass is 16.5. The number of nitrogens with zero attached hydrogens (tertiary/aromatic N) is 1. The summed E-state index contributed by atoms with van der Waals surface area (Å²) in [6, 6.07) is 10.5. The van der Waals surface area contributed by atoms with E-state index in [4.69, 9.17) is 9.47 Å². The first-order chi connectivity index (χ1) is 13.9. The van der Waals surface area contributed by atoms with Crippen LogP contribution in [0.4, 0.5) is 21.9 Å². The number of hydrogen-bond acceptors (Lipinski definition) is 4. The van der Waals surface area contributed by atoms with E-state index in [1.807, 2.05) is 36.9 Å². The minimum absolute atomic E-state index is 0.0534. The molecule has 2 N–H and O–H groups in total. The van der Waals surface area contributed by atoms with E-state index in [0.717, 1.165) is 30.6 Å². The van der Waals surface area contributed by atoms with Crippen LogP contribution < -0.4 is 25.0 Å². The second kappa shape index (κ2) is 8.86. The average molecular weight is 397 g/mol. The summed E-state index contributed by atoms with van der Waals surface area (Å²) in [5.41, 5.74) is 3.16. The van der Waals surface area contributed by atoms with Gasteiger partial charge in [0.1, 0.15) is 0 Å². The molecule has 2 aromatic carbocycles. The zero-order valence-electron chi connectivity index (χ0n) is 17.2. The Labute approximate surface area is 171 Å².